The van der Waals surface area contributed by atoms with Crippen molar-refractivity contribution in [2.24, 2.45) is 16.8 Å². The van der Waals surface area contributed by atoms with E-state index < -0.39 is 0 Å². The number of rotatable bonds is 8. The van der Waals surface area contributed by atoms with Crippen LogP contribution >= 0.6 is 0 Å². The van der Waals surface area contributed by atoms with Crippen LogP contribution in [0.15, 0.2) is 4.99 Å². The van der Waals surface area contributed by atoms with Gasteiger partial charge in [-0.05, 0) is 44.4 Å². The molecule has 2 N–H and O–H groups in total. The lowest BCUT2D eigenvalue weighted by Gasteiger charge is -2.21. The molecule has 1 saturated heterocycles. The fourth-order valence-electron chi connectivity index (χ4n) is 3.81. The average molecular weight is 351 g/mol. The number of hydrogen-bond acceptors (Lipinski definition) is 3. The molecule has 0 bridgehead atoms. The van der Waals surface area contributed by atoms with Crippen molar-refractivity contribution in [3.8, 4) is 0 Å². The van der Waals surface area contributed by atoms with Gasteiger partial charge in [-0.2, -0.15) is 0 Å². The van der Waals surface area contributed by atoms with Crippen LogP contribution in [-0.2, 0) is 9.53 Å². The van der Waals surface area contributed by atoms with Crippen molar-refractivity contribution in [3.63, 3.8) is 0 Å². The van der Waals surface area contributed by atoms with Crippen LogP contribution < -0.4 is 10.6 Å². The van der Waals surface area contributed by atoms with Gasteiger partial charge < -0.3 is 20.3 Å². The molecule has 25 heavy (non-hydrogen) atoms. The first kappa shape index (κ1) is 18.5. The van der Waals surface area contributed by atoms with Crippen LogP contribution in [0.1, 0.15) is 51.4 Å². The maximum Gasteiger partial charge on any atom is 0.225 e. The van der Waals surface area contributed by atoms with Crippen molar-refractivity contribution in [2.75, 3.05) is 39.9 Å². The lowest BCUT2D eigenvalue weighted by atomic mass is 10.1. The van der Waals surface area contributed by atoms with E-state index in [1.807, 2.05) is 4.90 Å². The molecule has 0 spiro atoms. The summed E-state index contributed by atoms with van der Waals surface area (Å²) in [6.45, 7) is 4.29. The molecule has 3 rings (SSSR count). The quantitative estimate of drug-likeness (QED) is 0.398. The van der Waals surface area contributed by atoms with Crippen LogP contribution in [0.4, 0.5) is 0 Å². The summed E-state index contributed by atoms with van der Waals surface area (Å²) in [5.41, 5.74) is 0. The number of nitrogens with one attached hydrogen (secondary N) is 2. The molecule has 1 aliphatic heterocycles. The SMILES string of the molecule is CN=C(NCCCOCC1CC1)NC1CCN(C(=O)C2CCCC2)C1. The number of guanidine groups is 1. The molecule has 2 saturated carbocycles. The van der Waals surface area contributed by atoms with E-state index >= 15 is 0 Å². The van der Waals surface area contributed by atoms with E-state index in [0.717, 1.165) is 70.4 Å². The minimum Gasteiger partial charge on any atom is -0.381 e. The Morgan fingerprint density at radius 2 is 2.00 bits per heavy atom. The first-order valence-corrected chi connectivity index (χ1v) is 10.1. The van der Waals surface area contributed by atoms with Gasteiger partial charge >= 0.3 is 0 Å². The molecular weight excluding hydrogens is 316 g/mol. The summed E-state index contributed by atoms with van der Waals surface area (Å²) >= 11 is 0. The topological polar surface area (TPSA) is 66.0 Å². The number of ether oxygens (including phenoxy) is 1. The maximum absolute atomic E-state index is 12.5. The second kappa shape index (κ2) is 9.41. The van der Waals surface area contributed by atoms with E-state index in [-0.39, 0.29) is 5.92 Å². The van der Waals surface area contributed by atoms with Crippen LogP contribution in [0.5, 0.6) is 0 Å². The predicted molar refractivity (Wildman–Crippen MR) is 99.6 cm³/mol. The number of likely N-dealkylation sites (tertiary alicyclic amines) is 1. The molecule has 142 valence electrons. The van der Waals surface area contributed by atoms with Gasteiger partial charge in [0.2, 0.25) is 5.91 Å². The van der Waals surface area contributed by atoms with Gasteiger partial charge in [-0.25, -0.2) is 0 Å². The Hall–Kier alpha value is -1.30. The van der Waals surface area contributed by atoms with E-state index in [9.17, 15) is 4.79 Å². The monoisotopic (exact) mass is 350 g/mol. The molecule has 0 aromatic rings. The van der Waals surface area contributed by atoms with Crippen molar-refractivity contribution in [1.29, 1.82) is 0 Å². The molecule has 1 unspecified atom stereocenters. The standard InChI is InChI=1S/C19H34N4O2/c1-20-19(21-10-4-12-25-14-15-7-8-15)22-17-9-11-23(13-17)18(24)16-5-2-3-6-16/h15-17H,2-14H2,1H3,(H2,20,21,22). The number of carbonyl (C=O) groups is 1. The van der Waals surface area contributed by atoms with E-state index in [0.29, 0.717) is 11.9 Å². The molecule has 3 fully saturated rings. The van der Waals surface area contributed by atoms with Crippen LogP contribution in [-0.4, -0.2) is 62.7 Å². The van der Waals surface area contributed by atoms with Gasteiger partial charge in [0.1, 0.15) is 0 Å². The van der Waals surface area contributed by atoms with Crippen molar-refractivity contribution in [2.45, 2.75) is 57.4 Å². The molecule has 3 aliphatic rings. The van der Waals surface area contributed by atoms with Crippen molar-refractivity contribution < 1.29 is 9.53 Å². The fourth-order valence-corrected chi connectivity index (χ4v) is 3.81. The minimum absolute atomic E-state index is 0.284. The molecule has 0 aromatic carbocycles. The fraction of sp³-hybridized carbons (Fsp3) is 0.895. The third-order valence-electron chi connectivity index (χ3n) is 5.58. The highest BCUT2D eigenvalue weighted by atomic mass is 16.5. The molecule has 1 atom stereocenters. The zero-order chi connectivity index (χ0) is 17.5. The Labute approximate surface area is 151 Å². The van der Waals surface area contributed by atoms with Gasteiger partial charge in [0.15, 0.2) is 5.96 Å². The molecule has 0 aromatic heterocycles. The lowest BCUT2D eigenvalue weighted by molar-refractivity contribution is -0.134. The van der Waals surface area contributed by atoms with Gasteiger partial charge in [-0.15, -0.1) is 0 Å². The van der Waals surface area contributed by atoms with Crippen LogP contribution in [0.2, 0.25) is 0 Å². The smallest absolute Gasteiger partial charge is 0.225 e. The van der Waals surface area contributed by atoms with Crippen LogP contribution in [0.3, 0.4) is 0 Å². The van der Waals surface area contributed by atoms with Crippen molar-refractivity contribution in [1.82, 2.24) is 15.5 Å². The summed E-state index contributed by atoms with van der Waals surface area (Å²) in [6, 6.07) is 0.308. The molecule has 1 amide bonds. The number of amides is 1. The summed E-state index contributed by atoms with van der Waals surface area (Å²) in [6.07, 6.45) is 9.28. The van der Waals surface area contributed by atoms with Crippen molar-refractivity contribution in [3.05, 3.63) is 0 Å². The van der Waals surface area contributed by atoms with E-state index in [4.69, 9.17) is 4.74 Å². The maximum atomic E-state index is 12.5. The third-order valence-corrected chi connectivity index (χ3v) is 5.58. The first-order valence-electron chi connectivity index (χ1n) is 10.1. The molecular formula is C19H34N4O2. The largest absolute Gasteiger partial charge is 0.381 e. The second-order valence-corrected chi connectivity index (χ2v) is 7.77. The van der Waals surface area contributed by atoms with Gasteiger partial charge in [0, 0.05) is 51.9 Å². The van der Waals surface area contributed by atoms with Gasteiger partial charge in [-0.1, -0.05) is 12.8 Å². The van der Waals surface area contributed by atoms with E-state index in [2.05, 4.69) is 15.6 Å². The molecule has 1 heterocycles. The van der Waals surface area contributed by atoms with Gasteiger partial charge in [-0.3, -0.25) is 9.79 Å². The first-order chi connectivity index (χ1) is 12.3. The zero-order valence-electron chi connectivity index (χ0n) is 15.6. The summed E-state index contributed by atoms with van der Waals surface area (Å²) in [4.78, 5) is 18.9. The third kappa shape index (κ3) is 5.87. The predicted octanol–water partition coefficient (Wildman–Crippen LogP) is 1.76. The van der Waals surface area contributed by atoms with Crippen LogP contribution in [0.25, 0.3) is 0 Å². The number of hydrogen-bond donors (Lipinski definition) is 2. The van der Waals surface area contributed by atoms with Crippen molar-refractivity contribution >= 4 is 11.9 Å². The normalized spacial score (nSPS) is 24.8. The Morgan fingerprint density at radius 3 is 2.72 bits per heavy atom. The molecule has 6 nitrogen and oxygen atoms in total. The molecule has 6 heteroatoms. The summed E-state index contributed by atoms with van der Waals surface area (Å²) in [5, 5.41) is 6.82. The molecule has 0 radical (unpaired) electrons. The molecule has 2 aliphatic carbocycles. The van der Waals surface area contributed by atoms with Gasteiger partial charge in [0.05, 0.1) is 0 Å². The number of carbonyl (C=O) groups excluding carboxylic acids is 1. The Balaban J connectivity index is 1.29. The summed E-state index contributed by atoms with van der Waals surface area (Å²) in [7, 11) is 1.80. The van der Waals surface area contributed by atoms with E-state index in [1.54, 1.807) is 7.05 Å². The minimum atomic E-state index is 0.284. The highest BCUT2D eigenvalue weighted by Crippen LogP contribution is 2.29. The summed E-state index contributed by atoms with van der Waals surface area (Å²) < 4.78 is 5.65. The average Bonchev–Trinajstić information content (AvgIpc) is 3.11. The number of aliphatic imine (C=N–C) groups is 1. The van der Waals surface area contributed by atoms with Gasteiger partial charge in [0.25, 0.3) is 0 Å². The Morgan fingerprint density at radius 1 is 1.20 bits per heavy atom. The van der Waals surface area contributed by atoms with Crippen LogP contribution in [0, 0.1) is 11.8 Å². The second-order valence-electron chi connectivity index (χ2n) is 7.77. The Kier molecular flexibility index (Phi) is 6.96. The lowest BCUT2D eigenvalue weighted by Crippen LogP contribution is -2.45. The highest BCUT2D eigenvalue weighted by Gasteiger charge is 2.32. The zero-order valence-corrected chi connectivity index (χ0v) is 15.6. The summed E-state index contributed by atoms with van der Waals surface area (Å²) in [5.74, 6) is 2.33. The Bertz CT molecular complexity index is 458. The highest BCUT2D eigenvalue weighted by molar-refractivity contribution is 5.81. The number of nitrogens with zero attached hydrogens (tertiary/aromatic N) is 2. The van der Waals surface area contributed by atoms with E-state index in [1.165, 1.54) is 25.7 Å².